The lowest BCUT2D eigenvalue weighted by Gasteiger charge is -2.19. The Hall–Kier alpha value is -1.03. The first-order valence-corrected chi connectivity index (χ1v) is 7.37. The lowest BCUT2D eigenvalue weighted by atomic mass is 10.1. The number of halogens is 1. The van der Waals surface area contributed by atoms with Crippen molar-refractivity contribution in [1.29, 1.82) is 0 Å². The maximum Gasteiger partial charge on any atom is 0.251 e. The van der Waals surface area contributed by atoms with Crippen molar-refractivity contribution in [3.8, 4) is 5.75 Å². The minimum absolute atomic E-state index is 0.00764. The molecular formula is C14H18BrNO2. The van der Waals surface area contributed by atoms with Crippen molar-refractivity contribution < 1.29 is 9.53 Å². The van der Waals surface area contributed by atoms with Crippen molar-refractivity contribution in [2.75, 3.05) is 12.4 Å². The zero-order valence-corrected chi connectivity index (χ0v) is 12.1. The molecule has 0 saturated heterocycles. The summed E-state index contributed by atoms with van der Waals surface area (Å²) < 4.78 is 5.13. The highest BCUT2D eigenvalue weighted by Crippen LogP contribution is 2.27. The summed E-state index contributed by atoms with van der Waals surface area (Å²) in [6.45, 7) is 0. The van der Waals surface area contributed by atoms with Crippen LogP contribution in [0.1, 0.15) is 29.6 Å². The molecule has 0 aromatic heterocycles. The third kappa shape index (κ3) is 3.05. The molecule has 1 aromatic rings. The van der Waals surface area contributed by atoms with Crippen molar-refractivity contribution in [3.05, 3.63) is 29.8 Å². The van der Waals surface area contributed by atoms with Crippen LogP contribution in [0.3, 0.4) is 0 Å². The molecule has 4 heteroatoms. The summed E-state index contributed by atoms with van der Waals surface area (Å²) in [5, 5.41) is 4.08. The van der Waals surface area contributed by atoms with Gasteiger partial charge in [-0.2, -0.15) is 0 Å². The summed E-state index contributed by atoms with van der Waals surface area (Å²) in [7, 11) is 1.61. The van der Waals surface area contributed by atoms with Crippen LogP contribution in [0.2, 0.25) is 0 Å². The summed E-state index contributed by atoms with van der Waals surface area (Å²) in [5.41, 5.74) is 0.662. The third-order valence-corrected chi connectivity index (χ3v) is 4.34. The van der Waals surface area contributed by atoms with E-state index < -0.39 is 0 Å². The van der Waals surface area contributed by atoms with Gasteiger partial charge in [-0.25, -0.2) is 0 Å². The van der Waals surface area contributed by atoms with E-state index >= 15 is 0 Å². The third-order valence-electron chi connectivity index (χ3n) is 3.51. The van der Waals surface area contributed by atoms with Gasteiger partial charge in [-0.3, -0.25) is 4.79 Å². The number of benzene rings is 1. The molecular weight excluding hydrogens is 294 g/mol. The Morgan fingerprint density at radius 2 is 2.33 bits per heavy atom. The molecule has 1 aromatic carbocycles. The molecule has 18 heavy (non-hydrogen) atoms. The molecule has 3 nitrogen and oxygen atoms in total. The van der Waals surface area contributed by atoms with Gasteiger partial charge in [0.15, 0.2) is 0 Å². The van der Waals surface area contributed by atoms with Crippen molar-refractivity contribution in [1.82, 2.24) is 5.32 Å². The number of alkyl halides is 1. The van der Waals surface area contributed by atoms with Crippen LogP contribution in [-0.2, 0) is 0 Å². The van der Waals surface area contributed by atoms with Crippen LogP contribution >= 0.6 is 15.9 Å². The van der Waals surface area contributed by atoms with Gasteiger partial charge in [-0.05, 0) is 37.0 Å². The summed E-state index contributed by atoms with van der Waals surface area (Å²) in [6, 6.07) is 7.56. The number of carbonyl (C=O) groups excluding carboxylic acids is 1. The van der Waals surface area contributed by atoms with E-state index in [0.29, 0.717) is 23.3 Å². The van der Waals surface area contributed by atoms with Gasteiger partial charge >= 0.3 is 0 Å². The molecule has 1 aliphatic carbocycles. The fourth-order valence-electron chi connectivity index (χ4n) is 2.43. The molecule has 1 amide bonds. The predicted molar refractivity (Wildman–Crippen MR) is 75.4 cm³/mol. The Bertz CT molecular complexity index is 422. The Balaban J connectivity index is 2.02. The minimum Gasteiger partial charge on any atom is -0.497 e. The lowest BCUT2D eigenvalue weighted by molar-refractivity contribution is 0.0930. The van der Waals surface area contributed by atoms with E-state index in [1.54, 1.807) is 13.2 Å². The number of carbonyl (C=O) groups is 1. The first-order chi connectivity index (χ1) is 8.74. The van der Waals surface area contributed by atoms with Gasteiger partial charge in [-0.15, -0.1) is 0 Å². The van der Waals surface area contributed by atoms with Gasteiger partial charge in [-0.1, -0.05) is 28.4 Å². The van der Waals surface area contributed by atoms with Gasteiger partial charge in [0.05, 0.1) is 7.11 Å². The molecule has 0 heterocycles. The molecule has 0 spiro atoms. The Labute approximate surface area is 116 Å². The van der Waals surface area contributed by atoms with E-state index in [0.717, 1.165) is 11.8 Å². The summed E-state index contributed by atoms with van der Waals surface area (Å²) >= 11 is 3.51. The molecule has 0 bridgehead atoms. The standard InChI is InChI=1S/C14H18BrNO2/c1-18-12-6-2-4-10(8-12)14(17)16-13-7-3-5-11(13)9-15/h2,4,6,8,11,13H,3,5,7,9H2,1H3,(H,16,17). The average Bonchev–Trinajstić information content (AvgIpc) is 2.86. The average molecular weight is 312 g/mol. The van der Waals surface area contributed by atoms with Crippen LogP contribution in [0.5, 0.6) is 5.75 Å². The van der Waals surface area contributed by atoms with Crippen LogP contribution in [0.15, 0.2) is 24.3 Å². The van der Waals surface area contributed by atoms with Gasteiger partial charge in [0.2, 0.25) is 0 Å². The number of nitrogens with one attached hydrogen (secondary N) is 1. The van der Waals surface area contributed by atoms with E-state index in [4.69, 9.17) is 4.74 Å². The van der Waals surface area contributed by atoms with Crippen LogP contribution < -0.4 is 10.1 Å². The van der Waals surface area contributed by atoms with E-state index in [1.165, 1.54) is 12.8 Å². The van der Waals surface area contributed by atoms with E-state index in [9.17, 15) is 4.79 Å². The van der Waals surface area contributed by atoms with E-state index in [2.05, 4.69) is 21.2 Å². The highest BCUT2D eigenvalue weighted by molar-refractivity contribution is 9.09. The first-order valence-electron chi connectivity index (χ1n) is 6.25. The Kier molecular flexibility index (Phi) is 4.64. The smallest absolute Gasteiger partial charge is 0.251 e. The van der Waals surface area contributed by atoms with E-state index in [1.807, 2.05) is 18.2 Å². The molecule has 98 valence electrons. The molecule has 1 fully saturated rings. The normalized spacial score (nSPS) is 22.8. The lowest BCUT2D eigenvalue weighted by Crippen LogP contribution is -2.37. The molecule has 1 saturated carbocycles. The summed E-state index contributed by atoms with van der Waals surface area (Å²) in [6.07, 6.45) is 3.46. The molecule has 0 aliphatic heterocycles. The second kappa shape index (κ2) is 6.23. The molecule has 2 unspecified atom stereocenters. The monoisotopic (exact) mass is 311 g/mol. The van der Waals surface area contributed by atoms with Crippen molar-refractivity contribution in [2.45, 2.75) is 25.3 Å². The largest absolute Gasteiger partial charge is 0.497 e. The number of ether oxygens (including phenoxy) is 1. The van der Waals surface area contributed by atoms with Gasteiger partial charge in [0.1, 0.15) is 5.75 Å². The number of hydrogen-bond donors (Lipinski definition) is 1. The molecule has 1 N–H and O–H groups in total. The summed E-state index contributed by atoms with van der Waals surface area (Å²) in [5.74, 6) is 1.26. The maximum absolute atomic E-state index is 12.1. The van der Waals surface area contributed by atoms with Crippen LogP contribution in [0.25, 0.3) is 0 Å². The highest BCUT2D eigenvalue weighted by Gasteiger charge is 2.27. The van der Waals surface area contributed by atoms with Gasteiger partial charge in [0, 0.05) is 16.9 Å². The number of methoxy groups -OCH3 is 1. The zero-order valence-electron chi connectivity index (χ0n) is 10.5. The number of amides is 1. The maximum atomic E-state index is 12.1. The molecule has 2 atom stereocenters. The number of rotatable bonds is 4. The highest BCUT2D eigenvalue weighted by atomic mass is 79.9. The fraction of sp³-hybridized carbons (Fsp3) is 0.500. The predicted octanol–water partition coefficient (Wildman–Crippen LogP) is 2.99. The van der Waals surface area contributed by atoms with Gasteiger partial charge in [0.25, 0.3) is 5.91 Å². The summed E-state index contributed by atoms with van der Waals surface area (Å²) in [4.78, 5) is 12.1. The second-order valence-electron chi connectivity index (χ2n) is 4.66. The van der Waals surface area contributed by atoms with Crippen LogP contribution in [0.4, 0.5) is 0 Å². The zero-order chi connectivity index (χ0) is 13.0. The second-order valence-corrected chi connectivity index (χ2v) is 5.30. The fourth-order valence-corrected chi connectivity index (χ4v) is 3.20. The Morgan fingerprint density at radius 3 is 3.06 bits per heavy atom. The molecule has 2 rings (SSSR count). The van der Waals surface area contributed by atoms with Crippen LogP contribution in [-0.4, -0.2) is 24.4 Å². The molecule has 0 radical (unpaired) electrons. The molecule has 1 aliphatic rings. The number of hydrogen-bond acceptors (Lipinski definition) is 2. The first kappa shape index (κ1) is 13.4. The van der Waals surface area contributed by atoms with Crippen molar-refractivity contribution >= 4 is 21.8 Å². The quantitative estimate of drug-likeness (QED) is 0.868. The van der Waals surface area contributed by atoms with Crippen LogP contribution in [0, 0.1) is 5.92 Å². The minimum atomic E-state index is -0.00764. The van der Waals surface area contributed by atoms with Crippen molar-refractivity contribution in [3.63, 3.8) is 0 Å². The van der Waals surface area contributed by atoms with E-state index in [-0.39, 0.29) is 5.91 Å². The van der Waals surface area contributed by atoms with Gasteiger partial charge < -0.3 is 10.1 Å². The van der Waals surface area contributed by atoms with Crippen molar-refractivity contribution in [2.24, 2.45) is 5.92 Å². The topological polar surface area (TPSA) is 38.3 Å². The Morgan fingerprint density at radius 1 is 1.50 bits per heavy atom. The SMILES string of the molecule is COc1cccc(C(=O)NC2CCCC2CBr)c1.